The minimum Gasteiger partial charge on any atom is -0.443 e. The number of nitrogens with one attached hydrogen (secondary N) is 2. The van der Waals surface area contributed by atoms with Crippen molar-refractivity contribution in [2.24, 2.45) is 4.99 Å². The van der Waals surface area contributed by atoms with Crippen LogP contribution in [0.2, 0.25) is 4.34 Å². The molecular weight excluding hydrogens is 344 g/mol. The molecule has 0 atom stereocenters. The summed E-state index contributed by atoms with van der Waals surface area (Å²) in [4.78, 5) is 10.1. The Morgan fingerprint density at radius 3 is 2.71 bits per heavy atom. The number of oxazole rings is 1. The third-order valence-corrected chi connectivity index (χ3v) is 4.59. The van der Waals surface area contributed by atoms with Gasteiger partial charge in [-0.1, -0.05) is 32.4 Å². The molecule has 0 aliphatic carbocycles. The molecule has 5 nitrogen and oxygen atoms in total. The summed E-state index contributed by atoms with van der Waals surface area (Å²) in [5.74, 6) is 2.26. The van der Waals surface area contributed by atoms with Gasteiger partial charge in [-0.3, -0.25) is 0 Å². The van der Waals surface area contributed by atoms with E-state index in [4.69, 9.17) is 16.0 Å². The highest BCUT2D eigenvalue weighted by Gasteiger charge is 2.18. The van der Waals surface area contributed by atoms with E-state index in [0.29, 0.717) is 12.4 Å². The van der Waals surface area contributed by atoms with Gasteiger partial charge in [0.15, 0.2) is 5.96 Å². The highest BCUT2D eigenvalue weighted by atomic mass is 35.5. The van der Waals surface area contributed by atoms with Gasteiger partial charge in [-0.15, -0.1) is 11.3 Å². The lowest BCUT2D eigenvalue weighted by molar-refractivity contribution is 0.383. The van der Waals surface area contributed by atoms with Crippen LogP contribution >= 0.6 is 22.9 Å². The smallest absolute Gasteiger partial charge is 0.216 e. The molecule has 0 aliphatic heterocycles. The van der Waals surface area contributed by atoms with Gasteiger partial charge in [0.25, 0.3) is 0 Å². The van der Waals surface area contributed by atoms with E-state index in [2.05, 4.69) is 47.4 Å². The third-order valence-electron chi connectivity index (χ3n) is 3.30. The Balaban J connectivity index is 1.89. The summed E-state index contributed by atoms with van der Waals surface area (Å²) in [6.07, 6.45) is 2.70. The minimum atomic E-state index is -0.0420. The molecule has 0 fully saturated rings. The molecular formula is C17H25ClN4OS. The van der Waals surface area contributed by atoms with E-state index in [1.807, 2.05) is 13.0 Å². The van der Waals surface area contributed by atoms with Crippen LogP contribution in [0.1, 0.15) is 44.2 Å². The Labute approximate surface area is 152 Å². The number of hydrogen-bond acceptors (Lipinski definition) is 4. The number of halogens is 1. The van der Waals surface area contributed by atoms with Crippen LogP contribution in [0.4, 0.5) is 0 Å². The van der Waals surface area contributed by atoms with Crippen molar-refractivity contribution in [3.63, 3.8) is 0 Å². The van der Waals surface area contributed by atoms with Crippen molar-refractivity contribution < 1.29 is 4.42 Å². The topological polar surface area (TPSA) is 62.5 Å². The normalized spacial score (nSPS) is 12.5. The molecule has 0 spiro atoms. The molecule has 0 aromatic carbocycles. The van der Waals surface area contributed by atoms with Crippen molar-refractivity contribution in [2.75, 3.05) is 13.1 Å². The highest BCUT2D eigenvalue weighted by molar-refractivity contribution is 7.16. The molecule has 0 saturated heterocycles. The molecule has 0 aliphatic rings. The molecule has 0 saturated carbocycles. The van der Waals surface area contributed by atoms with Crippen molar-refractivity contribution in [2.45, 2.75) is 46.1 Å². The summed E-state index contributed by atoms with van der Waals surface area (Å²) >= 11 is 7.56. The van der Waals surface area contributed by atoms with Crippen LogP contribution in [0, 0.1) is 0 Å². The zero-order chi connectivity index (χ0) is 17.6. The largest absolute Gasteiger partial charge is 0.443 e. The lowest BCUT2D eigenvalue weighted by Crippen LogP contribution is -2.38. The summed E-state index contributed by atoms with van der Waals surface area (Å²) in [7, 11) is 0. The highest BCUT2D eigenvalue weighted by Crippen LogP contribution is 2.23. The van der Waals surface area contributed by atoms with E-state index >= 15 is 0 Å². The van der Waals surface area contributed by atoms with Crippen LogP contribution in [-0.2, 0) is 18.4 Å². The number of aliphatic imine (C=N–C) groups is 1. The van der Waals surface area contributed by atoms with E-state index in [-0.39, 0.29) is 5.41 Å². The predicted molar refractivity (Wildman–Crippen MR) is 101 cm³/mol. The lowest BCUT2D eigenvalue weighted by atomic mass is 9.94. The van der Waals surface area contributed by atoms with Crippen molar-refractivity contribution in [3.8, 4) is 0 Å². The van der Waals surface area contributed by atoms with Crippen LogP contribution in [0.5, 0.6) is 0 Å². The molecule has 0 radical (unpaired) electrons. The van der Waals surface area contributed by atoms with Gasteiger partial charge in [0.2, 0.25) is 5.89 Å². The molecule has 0 amide bonds. The quantitative estimate of drug-likeness (QED) is 0.598. The fourth-order valence-electron chi connectivity index (χ4n) is 2.01. The predicted octanol–water partition coefficient (Wildman–Crippen LogP) is 3.98. The average molecular weight is 369 g/mol. The van der Waals surface area contributed by atoms with Gasteiger partial charge in [0.05, 0.1) is 10.5 Å². The average Bonchev–Trinajstić information content (AvgIpc) is 3.13. The number of hydrogen-bond donors (Lipinski definition) is 2. The van der Waals surface area contributed by atoms with Crippen LogP contribution < -0.4 is 10.6 Å². The van der Waals surface area contributed by atoms with Crippen LogP contribution in [-0.4, -0.2) is 24.0 Å². The van der Waals surface area contributed by atoms with Gasteiger partial charge >= 0.3 is 0 Å². The first-order chi connectivity index (χ1) is 11.4. The van der Waals surface area contributed by atoms with Crippen molar-refractivity contribution in [1.29, 1.82) is 0 Å². The zero-order valence-electron chi connectivity index (χ0n) is 14.6. The summed E-state index contributed by atoms with van der Waals surface area (Å²) in [6, 6.07) is 3.98. The van der Waals surface area contributed by atoms with Crippen molar-refractivity contribution >= 4 is 28.9 Å². The van der Waals surface area contributed by atoms with E-state index in [9.17, 15) is 0 Å². The van der Waals surface area contributed by atoms with E-state index in [1.54, 1.807) is 17.5 Å². The van der Waals surface area contributed by atoms with Gasteiger partial charge in [0, 0.05) is 23.4 Å². The molecule has 0 unspecified atom stereocenters. The standard InChI is InChI=1S/C17H25ClN4OS/c1-5-19-16(20-9-8-12-6-7-14(18)24-12)22-11-15-21-10-13(23-15)17(2,3)4/h6-7,10H,5,8-9,11H2,1-4H3,(H2,19,20,22). The van der Waals surface area contributed by atoms with Crippen LogP contribution in [0.25, 0.3) is 0 Å². The number of guanidine groups is 1. The summed E-state index contributed by atoms with van der Waals surface area (Å²) in [5.41, 5.74) is -0.0420. The fraction of sp³-hybridized carbons (Fsp3) is 0.529. The number of thiophene rings is 1. The van der Waals surface area contributed by atoms with Crippen molar-refractivity contribution in [1.82, 2.24) is 15.6 Å². The first-order valence-electron chi connectivity index (χ1n) is 8.10. The Morgan fingerprint density at radius 2 is 2.12 bits per heavy atom. The summed E-state index contributed by atoms with van der Waals surface area (Å²) in [5, 5.41) is 6.55. The first kappa shape index (κ1) is 18.8. The number of nitrogens with zero attached hydrogens (tertiary/aromatic N) is 2. The molecule has 2 aromatic rings. The van der Waals surface area contributed by atoms with Gasteiger partial charge in [-0.2, -0.15) is 0 Å². The van der Waals surface area contributed by atoms with Gasteiger partial charge in [-0.25, -0.2) is 9.98 Å². The lowest BCUT2D eigenvalue weighted by Gasteiger charge is -2.13. The third kappa shape index (κ3) is 5.83. The number of aromatic nitrogens is 1. The molecule has 0 bridgehead atoms. The Hall–Kier alpha value is -1.53. The molecule has 2 N–H and O–H groups in total. The van der Waals surface area contributed by atoms with E-state index in [1.165, 1.54) is 4.88 Å². The van der Waals surface area contributed by atoms with Gasteiger partial charge in [-0.05, 0) is 25.5 Å². The van der Waals surface area contributed by atoms with Gasteiger partial charge in [0.1, 0.15) is 12.3 Å². The molecule has 132 valence electrons. The van der Waals surface area contributed by atoms with Gasteiger partial charge < -0.3 is 15.1 Å². The minimum absolute atomic E-state index is 0.0420. The fourth-order valence-corrected chi connectivity index (χ4v) is 3.10. The molecule has 7 heteroatoms. The summed E-state index contributed by atoms with van der Waals surface area (Å²) in [6.45, 7) is 10.3. The zero-order valence-corrected chi connectivity index (χ0v) is 16.2. The summed E-state index contributed by atoms with van der Waals surface area (Å²) < 4.78 is 6.59. The monoisotopic (exact) mass is 368 g/mol. The van der Waals surface area contributed by atoms with E-state index < -0.39 is 0 Å². The van der Waals surface area contributed by atoms with Crippen LogP contribution in [0.15, 0.2) is 27.7 Å². The maximum Gasteiger partial charge on any atom is 0.216 e. The maximum absolute atomic E-state index is 5.95. The molecule has 24 heavy (non-hydrogen) atoms. The van der Waals surface area contributed by atoms with Crippen molar-refractivity contribution in [3.05, 3.63) is 39.2 Å². The second kappa shape index (κ2) is 8.53. The Bertz CT molecular complexity index is 672. The molecule has 2 heterocycles. The SMILES string of the molecule is CCNC(=NCc1ncc(C(C)(C)C)o1)NCCc1ccc(Cl)s1. The maximum atomic E-state index is 5.95. The van der Waals surface area contributed by atoms with E-state index in [0.717, 1.165) is 35.6 Å². The Kier molecular flexibility index (Phi) is 6.69. The Morgan fingerprint density at radius 1 is 1.33 bits per heavy atom. The second-order valence-corrected chi connectivity index (χ2v) is 8.25. The molecule has 2 aromatic heterocycles. The second-order valence-electron chi connectivity index (χ2n) is 6.45. The van der Waals surface area contributed by atoms with Crippen LogP contribution in [0.3, 0.4) is 0 Å². The molecule has 2 rings (SSSR count). The number of rotatable bonds is 6. The first-order valence-corrected chi connectivity index (χ1v) is 9.29.